The number of halogens is 1. The summed E-state index contributed by atoms with van der Waals surface area (Å²) in [5.41, 5.74) is -0.602. The molecular weight excluding hydrogens is 478 g/mol. The van der Waals surface area contributed by atoms with Crippen molar-refractivity contribution >= 4 is 11.6 Å². The highest BCUT2D eigenvalue weighted by Gasteiger charge is 2.68. The van der Waals surface area contributed by atoms with Crippen LogP contribution in [0.4, 0.5) is 0 Å². The van der Waals surface area contributed by atoms with Crippen molar-refractivity contribution in [3.05, 3.63) is 34.9 Å². The van der Waals surface area contributed by atoms with E-state index in [9.17, 15) is 15.3 Å². The van der Waals surface area contributed by atoms with E-state index in [0.29, 0.717) is 11.6 Å². The molecule has 6 N–H and O–H groups in total. The second-order valence-electron chi connectivity index (χ2n) is 9.77. The molecule has 3 aliphatic rings. The van der Waals surface area contributed by atoms with Crippen LogP contribution in [0.15, 0.2) is 24.3 Å². The first kappa shape index (κ1) is 27.2. The summed E-state index contributed by atoms with van der Waals surface area (Å²) in [6, 6.07) is 6.55. The van der Waals surface area contributed by atoms with Crippen molar-refractivity contribution in [3.63, 3.8) is 0 Å². The number of aliphatic hydroxyl groups is 3. The fourth-order valence-corrected chi connectivity index (χ4v) is 5.79. The monoisotopic (exact) mass is 515 g/mol. The Morgan fingerprint density at radius 3 is 2.40 bits per heavy atom. The molecule has 198 valence electrons. The third kappa shape index (κ3) is 4.99. The average molecular weight is 516 g/mol. The Labute approximate surface area is 211 Å². The molecule has 2 aliphatic heterocycles. The Morgan fingerprint density at radius 1 is 1.09 bits per heavy atom. The number of aliphatic hydroxyl groups excluding tert-OH is 1. The number of ether oxygens (including phenoxy) is 4. The second kappa shape index (κ2) is 10.8. The van der Waals surface area contributed by atoms with E-state index >= 15 is 0 Å². The normalized spacial score (nSPS) is 43.4. The first-order chi connectivity index (χ1) is 16.7. The lowest BCUT2D eigenvalue weighted by molar-refractivity contribution is -0.482. The number of likely N-dealkylation sites (N-methyl/N-ethyl adjacent to an activating group) is 2. The van der Waals surface area contributed by atoms with Gasteiger partial charge in [-0.2, -0.15) is 0 Å². The van der Waals surface area contributed by atoms with E-state index in [-0.39, 0.29) is 19.1 Å². The maximum absolute atomic E-state index is 11.8. The van der Waals surface area contributed by atoms with Crippen molar-refractivity contribution in [1.82, 2.24) is 16.0 Å². The lowest BCUT2D eigenvalue weighted by Gasteiger charge is -2.60. The smallest absolute Gasteiger partial charge is 0.249 e. The molecule has 0 radical (unpaired) electrons. The summed E-state index contributed by atoms with van der Waals surface area (Å²) >= 11 is 5.95. The lowest BCUT2D eigenvalue weighted by atomic mass is 9.77. The summed E-state index contributed by atoms with van der Waals surface area (Å²) in [6.07, 6.45) is -3.70. The van der Waals surface area contributed by atoms with Crippen LogP contribution in [0.2, 0.25) is 5.02 Å². The molecule has 10 atom stereocenters. The molecule has 10 nitrogen and oxygen atoms in total. The van der Waals surface area contributed by atoms with Crippen LogP contribution in [0.3, 0.4) is 0 Å². The Bertz CT molecular complexity index is 851. The first-order valence-corrected chi connectivity index (χ1v) is 12.5. The van der Waals surface area contributed by atoms with Crippen molar-refractivity contribution in [2.75, 3.05) is 34.3 Å². The van der Waals surface area contributed by atoms with Crippen molar-refractivity contribution < 1.29 is 34.3 Å². The van der Waals surface area contributed by atoms with Crippen LogP contribution in [-0.4, -0.2) is 110 Å². The predicted molar refractivity (Wildman–Crippen MR) is 129 cm³/mol. The molecule has 1 unspecified atom stereocenters. The minimum absolute atomic E-state index is 0.0572. The van der Waals surface area contributed by atoms with E-state index in [1.807, 2.05) is 31.2 Å². The Hall–Kier alpha value is -0.890. The molecular formula is C24H38ClN3O7. The van der Waals surface area contributed by atoms with Crippen molar-refractivity contribution in [3.8, 4) is 0 Å². The van der Waals surface area contributed by atoms with E-state index in [0.717, 1.165) is 12.0 Å². The van der Waals surface area contributed by atoms with Crippen molar-refractivity contribution in [1.29, 1.82) is 0 Å². The number of fused-ring (bicyclic) bond motifs is 2. The zero-order valence-corrected chi connectivity index (χ0v) is 21.4. The van der Waals surface area contributed by atoms with E-state index in [1.54, 1.807) is 14.1 Å². The number of rotatable bonds is 8. The van der Waals surface area contributed by atoms with Gasteiger partial charge >= 0.3 is 0 Å². The van der Waals surface area contributed by atoms with Crippen LogP contribution in [0, 0.1) is 0 Å². The molecule has 1 aliphatic carbocycles. The topological polar surface area (TPSA) is 134 Å². The molecule has 35 heavy (non-hydrogen) atoms. The maximum atomic E-state index is 11.8. The maximum Gasteiger partial charge on any atom is 0.249 e. The summed E-state index contributed by atoms with van der Waals surface area (Å²) in [5.74, 6) is -2.16. The van der Waals surface area contributed by atoms with Gasteiger partial charge in [0.15, 0.2) is 0 Å². The fraction of sp³-hybridized carbons (Fsp3) is 0.750. The van der Waals surface area contributed by atoms with Crippen LogP contribution in [-0.2, 0) is 25.4 Å². The van der Waals surface area contributed by atoms with Crippen LogP contribution in [0.5, 0.6) is 0 Å². The molecule has 0 spiro atoms. The molecule has 0 bridgehead atoms. The van der Waals surface area contributed by atoms with E-state index in [2.05, 4.69) is 16.0 Å². The first-order valence-electron chi connectivity index (χ1n) is 12.1. The molecule has 2 heterocycles. The predicted octanol–water partition coefficient (Wildman–Crippen LogP) is -0.624. The third-order valence-electron chi connectivity index (χ3n) is 7.52. The highest BCUT2D eigenvalue weighted by Crippen LogP contribution is 2.46. The van der Waals surface area contributed by atoms with Gasteiger partial charge in [0.2, 0.25) is 12.1 Å². The number of benzene rings is 1. The summed E-state index contributed by atoms with van der Waals surface area (Å²) in [4.78, 5) is 0. The van der Waals surface area contributed by atoms with Crippen LogP contribution in [0.25, 0.3) is 0 Å². The van der Waals surface area contributed by atoms with Gasteiger partial charge < -0.3 is 50.2 Å². The minimum atomic E-state index is -2.16. The molecule has 4 rings (SSSR count). The van der Waals surface area contributed by atoms with Crippen LogP contribution in [0.1, 0.15) is 18.9 Å². The van der Waals surface area contributed by atoms with Gasteiger partial charge in [0, 0.05) is 25.1 Å². The summed E-state index contributed by atoms with van der Waals surface area (Å²) < 4.78 is 24.1. The number of hydrogen-bond donors (Lipinski definition) is 6. The van der Waals surface area contributed by atoms with Crippen LogP contribution >= 0.6 is 11.6 Å². The van der Waals surface area contributed by atoms with E-state index < -0.39 is 54.2 Å². The average Bonchev–Trinajstić information content (AvgIpc) is 2.82. The van der Waals surface area contributed by atoms with Crippen molar-refractivity contribution in [2.24, 2.45) is 0 Å². The molecule has 0 aromatic heterocycles. The molecule has 0 amide bonds. The quantitative estimate of drug-likeness (QED) is 0.249. The van der Waals surface area contributed by atoms with Gasteiger partial charge in [-0.25, -0.2) is 0 Å². The summed E-state index contributed by atoms with van der Waals surface area (Å²) in [6.45, 7) is 2.45. The highest BCUT2D eigenvalue weighted by atomic mass is 35.5. The van der Waals surface area contributed by atoms with Crippen molar-refractivity contribution in [2.45, 2.75) is 80.0 Å². The fourth-order valence-electron chi connectivity index (χ4n) is 5.66. The molecule has 3 fully saturated rings. The Balaban J connectivity index is 1.52. The lowest BCUT2D eigenvalue weighted by Crippen LogP contribution is -2.81. The zero-order valence-electron chi connectivity index (χ0n) is 20.6. The van der Waals surface area contributed by atoms with Gasteiger partial charge in [-0.3, -0.25) is 0 Å². The minimum Gasteiger partial charge on any atom is -0.390 e. The molecule has 1 aromatic carbocycles. The standard InChI is InChI=1S/C24H38ClN3O7/c1-13-11-23(30,12-28-10-9-14-5-7-15(25)8-6-14)24(31)22(33-13)34-21-19(32-4)16(26-2)18(29)17(27-3)20(21)35-24/h5-8,13,16-22,26-31H,9-12H2,1-4H3/t13-,16-,17+,18+,19+,20-,21?,22+,23-,24-/m1/s1. The van der Waals surface area contributed by atoms with E-state index in [4.69, 9.17) is 30.5 Å². The number of methoxy groups -OCH3 is 1. The zero-order chi connectivity index (χ0) is 25.4. The van der Waals surface area contributed by atoms with Gasteiger partial charge in [0.1, 0.15) is 23.9 Å². The number of hydrogen-bond acceptors (Lipinski definition) is 10. The van der Waals surface area contributed by atoms with Gasteiger partial charge in [0.25, 0.3) is 0 Å². The largest absolute Gasteiger partial charge is 0.390 e. The summed E-state index contributed by atoms with van der Waals surface area (Å²) in [5, 5.41) is 44.5. The summed E-state index contributed by atoms with van der Waals surface area (Å²) in [7, 11) is 4.98. The third-order valence-corrected chi connectivity index (χ3v) is 7.77. The Kier molecular flexibility index (Phi) is 8.41. The second-order valence-corrected chi connectivity index (χ2v) is 10.2. The SMILES string of the molecule is CN[C@@H]1[C@H](O)[C@H](NC)[C@H]2O[C@]3(O)[C@H](OC2[C@H]1OC)O[C@H](C)C[C@@]3(O)CNCCc1ccc(Cl)cc1. The molecule has 1 saturated carbocycles. The molecule has 11 heteroatoms. The van der Waals surface area contributed by atoms with Gasteiger partial charge in [-0.05, 0) is 51.7 Å². The number of nitrogens with one attached hydrogen (secondary N) is 3. The van der Waals surface area contributed by atoms with Gasteiger partial charge in [-0.15, -0.1) is 0 Å². The highest BCUT2D eigenvalue weighted by molar-refractivity contribution is 6.30. The van der Waals surface area contributed by atoms with Gasteiger partial charge in [-0.1, -0.05) is 23.7 Å². The van der Waals surface area contributed by atoms with Gasteiger partial charge in [0.05, 0.1) is 24.3 Å². The molecule has 1 aromatic rings. The molecule has 2 saturated heterocycles. The van der Waals surface area contributed by atoms with E-state index in [1.165, 1.54) is 7.11 Å². The Morgan fingerprint density at radius 2 is 1.77 bits per heavy atom. The van der Waals surface area contributed by atoms with Crippen LogP contribution < -0.4 is 16.0 Å².